The van der Waals surface area contributed by atoms with E-state index in [4.69, 9.17) is 0 Å². The van der Waals surface area contributed by atoms with Gasteiger partial charge >= 0.3 is 0 Å². The van der Waals surface area contributed by atoms with Crippen LogP contribution in [0.4, 0.5) is 8.78 Å². The second-order valence-corrected chi connectivity index (χ2v) is 8.06. The van der Waals surface area contributed by atoms with Crippen LogP contribution in [-0.2, 0) is 16.6 Å². The lowest BCUT2D eigenvalue weighted by atomic mass is 10.1. The van der Waals surface area contributed by atoms with Gasteiger partial charge in [0.15, 0.2) is 4.90 Å². The fraction of sp³-hybridized carbons (Fsp3) is 0.333. The van der Waals surface area contributed by atoms with Crippen LogP contribution in [-0.4, -0.2) is 43.3 Å². The molecule has 0 radical (unpaired) electrons. The molecule has 0 bridgehead atoms. The SMILES string of the molecule is C[C@@H]1CN(Cc2ccccc2)CCN1S(=O)(=O)c1c(F)cccc1F. The molecule has 1 aliphatic heterocycles. The Hall–Kier alpha value is -1.83. The first kappa shape index (κ1) is 18.0. The lowest BCUT2D eigenvalue weighted by Gasteiger charge is -2.39. The highest BCUT2D eigenvalue weighted by molar-refractivity contribution is 7.89. The van der Waals surface area contributed by atoms with Gasteiger partial charge in [-0.1, -0.05) is 36.4 Å². The summed E-state index contributed by atoms with van der Waals surface area (Å²) >= 11 is 0. The Morgan fingerprint density at radius 3 is 2.24 bits per heavy atom. The van der Waals surface area contributed by atoms with Crippen molar-refractivity contribution in [2.45, 2.75) is 24.4 Å². The van der Waals surface area contributed by atoms with Gasteiger partial charge in [0.2, 0.25) is 10.0 Å². The Kier molecular flexibility index (Phi) is 5.17. The fourth-order valence-electron chi connectivity index (χ4n) is 3.20. The molecule has 4 nitrogen and oxygen atoms in total. The zero-order chi connectivity index (χ0) is 18.0. The van der Waals surface area contributed by atoms with Crippen LogP contribution in [0.25, 0.3) is 0 Å². The maximum atomic E-state index is 13.9. The monoisotopic (exact) mass is 366 g/mol. The summed E-state index contributed by atoms with van der Waals surface area (Å²) in [4.78, 5) is 1.28. The van der Waals surface area contributed by atoms with Gasteiger partial charge in [0.25, 0.3) is 0 Å². The summed E-state index contributed by atoms with van der Waals surface area (Å²) in [6, 6.07) is 12.6. The number of halogens is 2. The van der Waals surface area contributed by atoms with E-state index in [1.807, 2.05) is 30.3 Å². The van der Waals surface area contributed by atoms with E-state index in [1.54, 1.807) is 6.92 Å². The van der Waals surface area contributed by atoms with Crippen molar-refractivity contribution in [3.05, 3.63) is 65.7 Å². The number of piperazine rings is 1. The fourth-order valence-corrected chi connectivity index (χ4v) is 4.93. The summed E-state index contributed by atoms with van der Waals surface area (Å²) in [6.07, 6.45) is 0. The van der Waals surface area contributed by atoms with Crippen LogP contribution in [0.2, 0.25) is 0 Å². The van der Waals surface area contributed by atoms with E-state index < -0.39 is 26.6 Å². The molecular weight excluding hydrogens is 346 g/mol. The predicted octanol–water partition coefficient (Wildman–Crippen LogP) is 2.86. The van der Waals surface area contributed by atoms with E-state index in [0.29, 0.717) is 19.6 Å². The quantitative estimate of drug-likeness (QED) is 0.836. The molecule has 1 atom stereocenters. The zero-order valence-corrected chi connectivity index (χ0v) is 14.7. The van der Waals surface area contributed by atoms with E-state index in [2.05, 4.69) is 4.90 Å². The largest absolute Gasteiger partial charge is 0.296 e. The molecule has 1 heterocycles. The molecule has 134 valence electrons. The summed E-state index contributed by atoms with van der Waals surface area (Å²) in [7, 11) is -4.21. The van der Waals surface area contributed by atoms with Crippen molar-refractivity contribution < 1.29 is 17.2 Å². The molecule has 0 aromatic heterocycles. The van der Waals surface area contributed by atoms with Crippen molar-refractivity contribution in [2.24, 2.45) is 0 Å². The molecule has 0 N–H and O–H groups in total. The van der Waals surface area contributed by atoms with Crippen LogP contribution in [0.1, 0.15) is 12.5 Å². The number of nitrogens with zero attached hydrogens (tertiary/aromatic N) is 2. The first-order chi connectivity index (χ1) is 11.9. The van der Waals surface area contributed by atoms with E-state index in [0.717, 1.165) is 23.8 Å². The number of sulfonamides is 1. The van der Waals surface area contributed by atoms with Gasteiger partial charge in [0.05, 0.1) is 0 Å². The molecule has 0 amide bonds. The average Bonchev–Trinajstić information content (AvgIpc) is 2.55. The van der Waals surface area contributed by atoms with Crippen molar-refractivity contribution in [3.8, 4) is 0 Å². The van der Waals surface area contributed by atoms with Gasteiger partial charge < -0.3 is 0 Å². The molecule has 0 unspecified atom stereocenters. The maximum absolute atomic E-state index is 13.9. The molecule has 25 heavy (non-hydrogen) atoms. The third kappa shape index (κ3) is 3.73. The molecule has 1 saturated heterocycles. The van der Waals surface area contributed by atoms with Crippen LogP contribution in [0.5, 0.6) is 0 Å². The second kappa shape index (κ2) is 7.19. The van der Waals surface area contributed by atoms with Crippen molar-refractivity contribution in [2.75, 3.05) is 19.6 Å². The van der Waals surface area contributed by atoms with Crippen LogP contribution < -0.4 is 0 Å². The standard InChI is InChI=1S/C18H20F2N2O2S/c1-14-12-21(13-15-6-3-2-4-7-15)10-11-22(14)25(23,24)18-16(19)8-5-9-17(18)20/h2-9,14H,10-13H2,1H3/t14-/m1/s1. The van der Waals surface area contributed by atoms with Gasteiger partial charge in [-0.25, -0.2) is 17.2 Å². The molecule has 2 aromatic carbocycles. The van der Waals surface area contributed by atoms with E-state index >= 15 is 0 Å². The molecule has 1 fully saturated rings. The van der Waals surface area contributed by atoms with E-state index in [1.165, 1.54) is 4.31 Å². The Bertz CT molecular complexity index is 823. The van der Waals surface area contributed by atoms with E-state index in [9.17, 15) is 17.2 Å². The van der Waals surface area contributed by atoms with E-state index in [-0.39, 0.29) is 12.6 Å². The van der Waals surface area contributed by atoms with Crippen LogP contribution in [0, 0.1) is 11.6 Å². The summed E-state index contributed by atoms with van der Waals surface area (Å²) < 4.78 is 54.5. The first-order valence-electron chi connectivity index (χ1n) is 8.11. The first-order valence-corrected chi connectivity index (χ1v) is 9.56. The van der Waals surface area contributed by atoms with Gasteiger partial charge in [-0.15, -0.1) is 0 Å². The highest BCUT2D eigenvalue weighted by Crippen LogP contribution is 2.26. The Labute approximate surface area is 146 Å². The van der Waals surface area contributed by atoms with Crippen molar-refractivity contribution in [1.29, 1.82) is 0 Å². The highest BCUT2D eigenvalue weighted by Gasteiger charge is 2.36. The Balaban J connectivity index is 1.77. The van der Waals surface area contributed by atoms with Crippen molar-refractivity contribution >= 4 is 10.0 Å². The minimum atomic E-state index is -4.21. The molecular formula is C18H20F2N2O2S. The summed E-state index contributed by atoms with van der Waals surface area (Å²) in [5.41, 5.74) is 1.14. The second-order valence-electron chi connectivity index (χ2n) is 6.24. The number of hydrogen-bond acceptors (Lipinski definition) is 3. The molecule has 0 saturated carbocycles. The van der Waals surface area contributed by atoms with Gasteiger partial charge in [-0.3, -0.25) is 4.90 Å². The highest BCUT2D eigenvalue weighted by atomic mass is 32.2. The number of hydrogen-bond donors (Lipinski definition) is 0. The van der Waals surface area contributed by atoms with Crippen molar-refractivity contribution in [1.82, 2.24) is 9.21 Å². The molecule has 0 aliphatic carbocycles. The van der Waals surface area contributed by atoms with Crippen LogP contribution in [0.15, 0.2) is 53.4 Å². The third-order valence-corrected chi connectivity index (χ3v) is 6.45. The summed E-state index contributed by atoms with van der Waals surface area (Å²) in [6.45, 7) is 3.68. The van der Waals surface area contributed by atoms with Gasteiger partial charge in [-0.2, -0.15) is 4.31 Å². The Morgan fingerprint density at radius 2 is 1.64 bits per heavy atom. The number of benzene rings is 2. The molecule has 0 spiro atoms. The molecule has 1 aliphatic rings. The smallest absolute Gasteiger partial charge is 0.249 e. The average molecular weight is 366 g/mol. The molecule has 2 aromatic rings. The minimum absolute atomic E-state index is 0.199. The predicted molar refractivity (Wildman–Crippen MR) is 91.4 cm³/mol. The zero-order valence-electron chi connectivity index (χ0n) is 13.9. The number of rotatable bonds is 4. The van der Waals surface area contributed by atoms with Gasteiger partial charge in [-0.05, 0) is 24.6 Å². The molecule has 3 rings (SSSR count). The topological polar surface area (TPSA) is 40.6 Å². The van der Waals surface area contributed by atoms with Gasteiger partial charge in [0, 0.05) is 32.2 Å². The van der Waals surface area contributed by atoms with Gasteiger partial charge in [0.1, 0.15) is 11.6 Å². The van der Waals surface area contributed by atoms with Crippen molar-refractivity contribution in [3.63, 3.8) is 0 Å². The Morgan fingerprint density at radius 1 is 1.00 bits per heavy atom. The minimum Gasteiger partial charge on any atom is -0.296 e. The third-order valence-electron chi connectivity index (χ3n) is 4.39. The normalized spacial score (nSPS) is 19.9. The lowest BCUT2D eigenvalue weighted by molar-refractivity contribution is 0.137. The molecule has 7 heteroatoms. The maximum Gasteiger partial charge on any atom is 0.249 e. The van der Waals surface area contributed by atoms with Crippen LogP contribution in [0.3, 0.4) is 0 Å². The lowest BCUT2D eigenvalue weighted by Crippen LogP contribution is -2.53. The summed E-state index contributed by atoms with van der Waals surface area (Å²) in [5, 5.41) is 0. The summed E-state index contributed by atoms with van der Waals surface area (Å²) in [5.74, 6) is -2.11. The van der Waals surface area contributed by atoms with Crippen LogP contribution >= 0.6 is 0 Å².